The molecule has 0 saturated carbocycles. The van der Waals surface area contributed by atoms with Crippen molar-refractivity contribution < 1.29 is 37.0 Å². The maximum absolute atomic E-state index is 13.4. The van der Waals surface area contributed by atoms with Gasteiger partial charge in [0, 0.05) is 11.6 Å². The maximum Gasteiger partial charge on any atom is 0.416 e. The van der Waals surface area contributed by atoms with Crippen LogP contribution in [0.5, 0.6) is 5.75 Å². The minimum Gasteiger partial charge on any atom is -0.481 e. The average Bonchev–Trinajstić information content (AvgIpc) is 2.56. The highest BCUT2D eigenvalue weighted by atomic mass is 35.5. The molecule has 0 aliphatic heterocycles. The second-order valence-corrected chi connectivity index (χ2v) is 5.79. The van der Waals surface area contributed by atoms with Crippen LogP contribution in [0.4, 0.5) is 17.6 Å². The van der Waals surface area contributed by atoms with Crippen LogP contribution in [0.3, 0.4) is 0 Å². The summed E-state index contributed by atoms with van der Waals surface area (Å²) in [7, 11) is 0. The molecule has 2 N–H and O–H groups in total. The predicted molar refractivity (Wildman–Crippen MR) is 87.2 cm³/mol. The van der Waals surface area contributed by atoms with Gasteiger partial charge >= 0.3 is 12.1 Å². The van der Waals surface area contributed by atoms with Gasteiger partial charge in [-0.15, -0.1) is 0 Å². The van der Waals surface area contributed by atoms with Crippen molar-refractivity contribution >= 4 is 23.5 Å². The number of alkyl halides is 3. The summed E-state index contributed by atoms with van der Waals surface area (Å²) < 4.78 is 56.5. The van der Waals surface area contributed by atoms with Crippen molar-refractivity contribution in [3.8, 4) is 5.75 Å². The highest BCUT2D eigenvalue weighted by Crippen LogP contribution is 2.30. The van der Waals surface area contributed by atoms with Gasteiger partial charge in [0.1, 0.15) is 11.6 Å². The third-order valence-electron chi connectivity index (χ3n) is 3.28. The van der Waals surface area contributed by atoms with Crippen LogP contribution in [0.15, 0.2) is 36.4 Å². The molecule has 1 amide bonds. The van der Waals surface area contributed by atoms with Crippen molar-refractivity contribution in [2.75, 3.05) is 6.61 Å². The first-order valence-corrected chi connectivity index (χ1v) is 7.73. The fourth-order valence-corrected chi connectivity index (χ4v) is 2.30. The van der Waals surface area contributed by atoms with E-state index < -0.39 is 36.0 Å². The van der Waals surface area contributed by atoms with Crippen LogP contribution in [-0.4, -0.2) is 23.6 Å². The Morgan fingerprint density at radius 1 is 1.15 bits per heavy atom. The number of carbonyl (C=O) groups excluding carboxylic acids is 1. The molecule has 0 heterocycles. The van der Waals surface area contributed by atoms with Crippen molar-refractivity contribution in [1.29, 1.82) is 0 Å². The topological polar surface area (TPSA) is 75.6 Å². The lowest BCUT2D eigenvalue weighted by molar-refractivity contribution is -0.139. The van der Waals surface area contributed by atoms with Gasteiger partial charge in [-0.2, -0.15) is 13.2 Å². The van der Waals surface area contributed by atoms with E-state index in [2.05, 4.69) is 5.32 Å². The van der Waals surface area contributed by atoms with E-state index in [1.807, 2.05) is 0 Å². The first-order valence-electron chi connectivity index (χ1n) is 7.35. The monoisotopic (exact) mass is 405 g/mol. The van der Waals surface area contributed by atoms with E-state index in [-0.39, 0.29) is 28.4 Å². The Morgan fingerprint density at radius 2 is 1.85 bits per heavy atom. The molecule has 0 atom stereocenters. The van der Waals surface area contributed by atoms with Gasteiger partial charge in [-0.3, -0.25) is 4.79 Å². The Kier molecular flexibility index (Phi) is 6.27. The molecule has 5 nitrogen and oxygen atoms in total. The number of amides is 1. The lowest BCUT2D eigenvalue weighted by Gasteiger charge is -2.12. The summed E-state index contributed by atoms with van der Waals surface area (Å²) in [5.74, 6) is -3.24. The van der Waals surface area contributed by atoms with E-state index in [1.54, 1.807) is 0 Å². The summed E-state index contributed by atoms with van der Waals surface area (Å²) in [6.45, 7) is -1.11. The van der Waals surface area contributed by atoms with Gasteiger partial charge in [-0.05, 0) is 42.0 Å². The van der Waals surface area contributed by atoms with E-state index in [0.29, 0.717) is 12.1 Å². The molecular formula is C17H12ClF4NO4. The zero-order valence-electron chi connectivity index (χ0n) is 13.4. The van der Waals surface area contributed by atoms with Crippen LogP contribution >= 0.6 is 11.6 Å². The molecule has 0 aromatic heterocycles. The van der Waals surface area contributed by atoms with E-state index in [0.717, 1.165) is 6.07 Å². The summed E-state index contributed by atoms with van der Waals surface area (Å²) in [5.41, 5.74) is -1.35. The number of carboxylic acid groups (broad SMARTS) is 1. The molecule has 0 radical (unpaired) electrons. The van der Waals surface area contributed by atoms with Crippen LogP contribution in [0, 0.1) is 5.82 Å². The smallest absolute Gasteiger partial charge is 0.416 e. The van der Waals surface area contributed by atoms with Gasteiger partial charge in [0.2, 0.25) is 0 Å². The minimum absolute atomic E-state index is 0.0758. The number of hydrogen-bond acceptors (Lipinski definition) is 3. The number of ether oxygens (including phenoxy) is 1. The van der Waals surface area contributed by atoms with Crippen molar-refractivity contribution in [1.82, 2.24) is 5.32 Å². The van der Waals surface area contributed by atoms with Crippen molar-refractivity contribution in [3.05, 3.63) is 63.9 Å². The van der Waals surface area contributed by atoms with Gasteiger partial charge in [0.25, 0.3) is 5.91 Å². The second kappa shape index (κ2) is 8.26. The van der Waals surface area contributed by atoms with Crippen LogP contribution < -0.4 is 10.1 Å². The van der Waals surface area contributed by atoms with Gasteiger partial charge in [0.15, 0.2) is 6.61 Å². The minimum atomic E-state index is -4.73. The number of hydrogen-bond donors (Lipinski definition) is 2. The quantitative estimate of drug-likeness (QED) is 0.715. The normalized spacial score (nSPS) is 11.1. The molecule has 2 rings (SSSR count). The van der Waals surface area contributed by atoms with E-state index in [1.165, 1.54) is 18.2 Å². The molecule has 0 aliphatic carbocycles. The Hall–Kier alpha value is -2.81. The number of benzene rings is 2. The third-order valence-corrected chi connectivity index (χ3v) is 3.51. The van der Waals surface area contributed by atoms with Crippen LogP contribution in [0.2, 0.25) is 5.02 Å². The van der Waals surface area contributed by atoms with Gasteiger partial charge in [0.05, 0.1) is 11.1 Å². The summed E-state index contributed by atoms with van der Waals surface area (Å²) >= 11 is 5.78. The Labute approximate surface area is 155 Å². The molecule has 0 bridgehead atoms. The Bertz CT molecular complexity index is 870. The SMILES string of the molecule is O=C(O)COc1cc(Cl)ccc1C(=O)NCc1cc(F)cc(C(F)(F)F)c1. The van der Waals surface area contributed by atoms with Crippen molar-refractivity contribution in [2.24, 2.45) is 0 Å². The molecule has 27 heavy (non-hydrogen) atoms. The third kappa shape index (κ3) is 5.85. The predicted octanol–water partition coefficient (Wildman–Crippen LogP) is 3.89. The summed E-state index contributed by atoms with van der Waals surface area (Å²) in [4.78, 5) is 22.9. The molecule has 2 aromatic carbocycles. The lowest BCUT2D eigenvalue weighted by atomic mass is 10.1. The van der Waals surface area contributed by atoms with Crippen LogP contribution in [0.25, 0.3) is 0 Å². The molecule has 0 aliphatic rings. The number of halogens is 5. The van der Waals surface area contributed by atoms with Crippen LogP contribution in [0.1, 0.15) is 21.5 Å². The summed E-state index contributed by atoms with van der Waals surface area (Å²) in [6.07, 6.45) is -4.73. The molecule has 144 valence electrons. The number of carboxylic acids is 1. The standard InChI is InChI=1S/C17H12ClF4NO4/c18-11-1-2-13(14(6-11)27-8-15(24)25)16(26)23-7-9-3-10(17(20,21)22)5-12(19)4-9/h1-6H,7-8H2,(H,23,26)(H,24,25). The number of aliphatic carboxylic acids is 1. The molecular weight excluding hydrogens is 394 g/mol. The molecule has 0 unspecified atom stereocenters. The van der Waals surface area contributed by atoms with Gasteiger partial charge < -0.3 is 15.2 Å². The van der Waals surface area contributed by atoms with E-state index in [4.69, 9.17) is 21.4 Å². The number of carbonyl (C=O) groups is 2. The van der Waals surface area contributed by atoms with E-state index >= 15 is 0 Å². The van der Waals surface area contributed by atoms with Gasteiger partial charge in [-0.1, -0.05) is 11.6 Å². The number of rotatable bonds is 6. The maximum atomic E-state index is 13.4. The van der Waals surface area contributed by atoms with Crippen molar-refractivity contribution in [2.45, 2.75) is 12.7 Å². The highest BCUT2D eigenvalue weighted by Gasteiger charge is 2.31. The Morgan fingerprint density at radius 3 is 2.48 bits per heavy atom. The zero-order chi connectivity index (χ0) is 20.2. The highest BCUT2D eigenvalue weighted by molar-refractivity contribution is 6.30. The molecule has 10 heteroatoms. The fraction of sp³-hybridized carbons (Fsp3) is 0.176. The molecule has 0 fully saturated rings. The fourth-order valence-electron chi connectivity index (χ4n) is 2.14. The van der Waals surface area contributed by atoms with Gasteiger partial charge in [-0.25, -0.2) is 9.18 Å². The van der Waals surface area contributed by atoms with E-state index in [9.17, 15) is 27.2 Å². The Balaban J connectivity index is 2.17. The average molecular weight is 406 g/mol. The zero-order valence-corrected chi connectivity index (χ0v) is 14.2. The second-order valence-electron chi connectivity index (χ2n) is 5.35. The summed E-state index contributed by atoms with van der Waals surface area (Å²) in [6, 6.07) is 5.77. The first-order chi connectivity index (χ1) is 12.6. The molecule has 2 aromatic rings. The first kappa shape index (κ1) is 20.5. The lowest BCUT2D eigenvalue weighted by Crippen LogP contribution is -2.24. The summed E-state index contributed by atoms with van der Waals surface area (Å²) in [5, 5.41) is 11.2. The van der Waals surface area contributed by atoms with Crippen LogP contribution in [-0.2, 0) is 17.5 Å². The molecule has 0 spiro atoms. The number of nitrogens with one attached hydrogen (secondary N) is 1. The van der Waals surface area contributed by atoms with Crippen molar-refractivity contribution in [3.63, 3.8) is 0 Å². The molecule has 0 saturated heterocycles. The largest absolute Gasteiger partial charge is 0.481 e.